The minimum atomic E-state index is -0.715. The van der Waals surface area contributed by atoms with E-state index in [0.29, 0.717) is 0 Å². The third-order valence-electron chi connectivity index (χ3n) is 0.352. The average Bonchev–Trinajstić information content (AvgIpc) is 1.66. The number of aliphatic hydroxyl groups is 1. The zero-order valence-corrected chi connectivity index (χ0v) is 4.53. The largest absolute Gasteiger partial charge is 0.392 e. The van der Waals surface area contributed by atoms with Crippen molar-refractivity contribution in [2.24, 2.45) is 10.9 Å². The summed E-state index contributed by atoms with van der Waals surface area (Å²) in [5, 5.41) is 11.4. The summed E-state index contributed by atoms with van der Waals surface area (Å²) in [6, 6.07) is 0. The molecule has 0 bridgehead atoms. The summed E-state index contributed by atoms with van der Waals surface area (Å²) in [6.07, 6.45) is 0.264. The van der Waals surface area contributed by atoms with Crippen molar-refractivity contribution in [3.8, 4) is 0 Å². The van der Waals surface area contributed by atoms with Crippen LogP contribution in [-0.2, 0) is 4.84 Å². The molecule has 0 aliphatic carbocycles. The fraction of sp³-hybridized carbons (Fsp3) is 0.667. The number of hydrogen-bond acceptors (Lipinski definition) is 5. The molecule has 0 radical (unpaired) electrons. The fourth-order valence-electron chi connectivity index (χ4n) is 0.159. The summed E-state index contributed by atoms with van der Waals surface area (Å²) in [6.45, 7) is 1.50. The van der Waals surface area contributed by atoms with E-state index in [-0.39, 0.29) is 0 Å². The third-order valence-corrected chi connectivity index (χ3v) is 0.352. The van der Waals surface area contributed by atoms with Gasteiger partial charge in [-0.25, -0.2) is 0 Å². The van der Waals surface area contributed by atoms with E-state index in [0.717, 1.165) is 6.40 Å². The second kappa shape index (κ2) is 4.35. The number of nitrogens with two attached hydrogens (primary N) is 1. The number of nitrogens with zero attached hydrogens (tertiary/aromatic N) is 1. The van der Waals surface area contributed by atoms with Crippen molar-refractivity contribution in [3.05, 3.63) is 0 Å². The van der Waals surface area contributed by atoms with Gasteiger partial charge >= 0.3 is 0 Å². The van der Waals surface area contributed by atoms with Gasteiger partial charge in [-0.1, -0.05) is 0 Å². The Kier molecular flexibility index (Phi) is 3.91. The number of rotatable bonds is 3. The lowest BCUT2D eigenvalue weighted by Crippen LogP contribution is -2.24. The van der Waals surface area contributed by atoms with Gasteiger partial charge in [0.25, 0.3) is 0 Å². The Morgan fingerprint density at radius 2 is 2.62 bits per heavy atom. The second-order valence-electron chi connectivity index (χ2n) is 1.17. The molecule has 0 heterocycles. The van der Waals surface area contributed by atoms with Gasteiger partial charge in [-0.15, -0.1) is 5.48 Å². The molecular weight excluding hydrogens is 110 g/mol. The van der Waals surface area contributed by atoms with E-state index in [1.807, 2.05) is 0 Å². The molecule has 0 saturated carbocycles. The first-order valence-electron chi connectivity index (χ1n) is 2.08. The van der Waals surface area contributed by atoms with E-state index in [9.17, 15) is 0 Å². The quantitative estimate of drug-likeness (QED) is 0.142. The molecule has 0 amide bonds. The van der Waals surface area contributed by atoms with E-state index < -0.39 is 6.23 Å². The molecule has 0 aromatic carbocycles. The van der Waals surface area contributed by atoms with Crippen molar-refractivity contribution in [2.45, 2.75) is 13.2 Å². The molecular formula is C3H9N3O2. The summed E-state index contributed by atoms with van der Waals surface area (Å²) in [5.74, 6) is 4.64. The maximum atomic E-state index is 8.44. The van der Waals surface area contributed by atoms with Gasteiger partial charge in [-0.05, 0) is 6.92 Å². The number of hydrazone groups is 1. The van der Waals surface area contributed by atoms with Crippen LogP contribution in [0.2, 0.25) is 0 Å². The average molecular weight is 119 g/mol. The van der Waals surface area contributed by atoms with E-state index in [2.05, 4.69) is 21.3 Å². The summed E-state index contributed by atoms with van der Waals surface area (Å²) >= 11 is 0. The van der Waals surface area contributed by atoms with Crippen LogP contribution >= 0.6 is 0 Å². The van der Waals surface area contributed by atoms with Crippen LogP contribution in [0.15, 0.2) is 5.10 Å². The number of hydrogen-bond donors (Lipinski definition) is 3. The zero-order valence-electron chi connectivity index (χ0n) is 4.53. The lowest BCUT2D eigenvalue weighted by atomic mass is 10.7. The lowest BCUT2D eigenvalue weighted by Gasteiger charge is -2.01. The molecule has 0 rings (SSSR count). The van der Waals surface area contributed by atoms with Gasteiger partial charge < -0.3 is 15.8 Å². The van der Waals surface area contributed by atoms with Crippen LogP contribution in [-0.4, -0.2) is 17.7 Å². The molecule has 8 heavy (non-hydrogen) atoms. The summed E-state index contributed by atoms with van der Waals surface area (Å²) in [7, 11) is 0. The third kappa shape index (κ3) is 5.19. The van der Waals surface area contributed by atoms with Crippen LogP contribution in [0.3, 0.4) is 0 Å². The van der Waals surface area contributed by atoms with Crippen LogP contribution in [0.5, 0.6) is 0 Å². The summed E-state index contributed by atoms with van der Waals surface area (Å²) in [5.41, 5.74) is 2.17. The van der Waals surface area contributed by atoms with Crippen molar-refractivity contribution in [2.75, 3.05) is 0 Å². The molecule has 48 valence electrons. The Bertz CT molecular complexity index is 72.9. The molecule has 0 saturated heterocycles. The molecule has 1 unspecified atom stereocenters. The van der Waals surface area contributed by atoms with Crippen LogP contribution in [0.4, 0.5) is 0 Å². The Balaban J connectivity index is 2.93. The molecule has 0 aliphatic rings. The summed E-state index contributed by atoms with van der Waals surface area (Å²) < 4.78 is 0. The first kappa shape index (κ1) is 7.19. The maximum Gasteiger partial charge on any atom is 0.218 e. The second-order valence-corrected chi connectivity index (χ2v) is 1.17. The topological polar surface area (TPSA) is 79.9 Å². The highest BCUT2D eigenvalue weighted by molar-refractivity contribution is 5.44. The highest BCUT2D eigenvalue weighted by atomic mass is 16.7. The predicted molar refractivity (Wildman–Crippen MR) is 28.6 cm³/mol. The van der Waals surface area contributed by atoms with E-state index >= 15 is 0 Å². The Morgan fingerprint density at radius 1 is 2.00 bits per heavy atom. The minimum Gasteiger partial charge on any atom is -0.392 e. The van der Waals surface area contributed by atoms with Gasteiger partial charge in [-0.2, -0.15) is 5.10 Å². The Morgan fingerprint density at radius 3 is 3.00 bits per heavy atom. The lowest BCUT2D eigenvalue weighted by molar-refractivity contribution is 0.0292. The van der Waals surface area contributed by atoms with Gasteiger partial charge in [0.1, 0.15) is 6.23 Å². The number of nitrogens with one attached hydrogen (secondary N) is 1. The van der Waals surface area contributed by atoms with Gasteiger partial charge in [0.15, 0.2) is 0 Å². The van der Waals surface area contributed by atoms with Crippen molar-refractivity contribution in [1.29, 1.82) is 0 Å². The summed E-state index contributed by atoms with van der Waals surface area (Å²) in [4.78, 5) is 4.33. The Labute approximate surface area is 47.1 Å². The first-order valence-corrected chi connectivity index (χ1v) is 2.08. The normalized spacial score (nSPS) is 14.2. The van der Waals surface area contributed by atoms with E-state index in [1.54, 1.807) is 0 Å². The standard InChI is InChI=1S/C3H9N3O2/c1-3(7)6-8-2-5-4/h2-3,6-7H,4H2,1H3/b5-2+. The predicted octanol–water partition coefficient (Wildman–Crippen LogP) is -1.25. The van der Waals surface area contributed by atoms with Crippen LogP contribution in [0, 0.1) is 0 Å². The van der Waals surface area contributed by atoms with Crippen LogP contribution in [0.25, 0.3) is 0 Å². The van der Waals surface area contributed by atoms with Crippen molar-refractivity contribution >= 4 is 6.40 Å². The van der Waals surface area contributed by atoms with Gasteiger partial charge in [-0.3, -0.25) is 0 Å². The molecule has 0 aromatic rings. The monoisotopic (exact) mass is 119 g/mol. The molecule has 4 N–H and O–H groups in total. The maximum absolute atomic E-state index is 8.44. The van der Waals surface area contributed by atoms with Crippen molar-refractivity contribution in [3.63, 3.8) is 0 Å². The van der Waals surface area contributed by atoms with Gasteiger partial charge in [0.2, 0.25) is 6.40 Å². The number of aliphatic hydroxyl groups excluding tert-OH is 1. The molecule has 0 fully saturated rings. The molecule has 0 spiro atoms. The van der Waals surface area contributed by atoms with Crippen LogP contribution in [0.1, 0.15) is 6.92 Å². The van der Waals surface area contributed by atoms with Crippen LogP contribution < -0.4 is 11.3 Å². The van der Waals surface area contributed by atoms with E-state index in [1.165, 1.54) is 6.92 Å². The highest BCUT2D eigenvalue weighted by Crippen LogP contribution is 1.67. The molecule has 1 atom stereocenters. The Hall–Kier alpha value is -0.810. The SMILES string of the molecule is CC(O)NO/C=N/N. The van der Waals surface area contributed by atoms with Crippen molar-refractivity contribution in [1.82, 2.24) is 5.48 Å². The molecule has 5 heteroatoms. The van der Waals surface area contributed by atoms with E-state index in [4.69, 9.17) is 5.11 Å². The smallest absolute Gasteiger partial charge is 0.218 e. The highest BCUT2D eigenvalue weighted by Gasteiger charge is 1.87. The van der Waals surface area contributed by atoms with Gasteiger partial charge in [0, 0.05) is 0 Å². The first-order chi connectivity index (χ1) is 3.77. The number of hydroxylamine groups is 1. The molecule has 5 nitrogen and oxygen atoms in total. The fourth-order valence-corrected chi connectivity index (χ4v) is 0.159. The molecule has 0 aliphatic heterocycles. The minimum absolute atomic E-state index is 0.715. The zero-order chi connectivity index (χ0) is 6.41. The van der Waals surface area contributed by atoms with Gasteiger partial charge in [0.05, 0.1) is 0 Å². The van der Waals surface area contributed by atoms with Crippen molar-refractivity contribution < 1.29 is 9.94 Å². The molecule has 0 aromatic heterocycles.